The van der Waals surface area contributed by atoms with Gasteiger partial charge >= 0.3 is 5.97 Å². The highest BCUT2D eigenvalue weighted by atomic mass is 35.5. The first-order valence-electron chi connectivity index (χ1n) is 7.96. The first-order chi connectivity index (χ1) is 12.0. The van der Waals surface area contributed by atoms with Crippen molar-refractivity contribution in [1.29, 1.82) is 0 Å². The Labute approximate surface area is 150 Å². The van der Waals surface area contributed by atoms with Crippen molar-refractivity contribution in [2.24, 2.45) is 0 Å². The molecule has 0 saturated heterocycles. The Morgan fingerprint density at radius 3 is 2.76 bits per heavy atom. The number of amides is 1. The van der Waals surface area contributed by atoms with E-state index in [1.807, 2.05) is 31.2 Å². The zero-order valence-electron chi connectivity index (χ0n) is 13.7. The van der Waals surface area contributed by atoms with Crippen LogP contribution in [0.25, 0.3) is 0 Å². The number of nitrogens with zero attached hydrogens (tertiary/aromatic N) is 1. The Kier molecular flexibility index (Phi) is 5.04. The topological polar surface area (TPSA) is 46.6 Å². The molecule has 0 fully saturated rings. The Morgan fingerprint density at radius 2 is 2.00 bits per heavy atom. The number of halogens is 2. The lowest BCUT2D eigenvalue weighted by atomic mass is 10.1. The Bertz CT molecular complexity index is 804. The number of hydrogen-bond acceptors (Lipinski definition) is 3. The summed E-state index contributed by atoms with van der Waals surface area (Å²) in [5, 5.41) is 0.158. The van der Waals surface area contributed by atoms with Crippen LogP contribution in [0.1, 0.15) is 18.1 Å². The van der Waals surface area contributed by atoms with Crippen LogP contribution in [0.3, 0.4) is 0 Å². The van der Waals surface area contributed by atoms with Crippen molar-refractivity contribution in [1.82, 2.24) is 0 Å². The number of para-hydroxylation sites is 1. The number of carbonyl (C=O) groups is 2. The highest BCUT2D eigenvalue weighted by Gasteiger charge is 2.31. The van der Waals surface area contributed by atoms with Crippen molar-refractivity contribution in [3.63, 3.8) is 0 Å². The minimum Gasteiger partial charge on any atom is -0.455 e. The second-order valence-corrected chi connectivity index (χ2v) is 6.39. The molecule has 0 aromatic heterocycles. The summed E-state index contributed by atoms with van der Waals surface area (Å²) in [7, 11) is 0. The number of rotatable bonds is 4. The summed E-state index contributed by atoms with van der Waals surface area (Å²) in [6.07, 6.45) is 0.450. The fourth-order valence-electron chi connectivity index (χ4n) is 3.05. The van der Waals surface area contributed by atoms with Gasteiger partial charge in [-0.3, -0.25) is 9.59 Å². The molecule has 0 spiro atoms. The van der Waals surface area contributed by atoms with E-state index in [1.165, 1.54) is 18.2 Å². The molecule has 0 aliphatic carbocycles. The summed E-state index contributed by atoms with van der Waals surface area (Å²) in [6, 6.07) is 11.8. The molecule has 6 heteroatoms. The van der Waals surface area contributed by atoms with E-state index in [0.717, 1.165) is 17.7 Å². The largest absolute Gasteiger partial charge is 0.455 e. The predicted octanol–water partition coefficient (Wildman–Crippen LogP) is 3.54. The van der Waals surface area contributed by atoms with E-state index < -0.39 is 11.8 Å². The normalized spacial score (nSPS) is 15.8. The van der Waals surface area contributed by atoms with Crippen molar-refractivity contribution in [3.8, 4) is 0 Å². The molecule has 130 valence electrons. The van der Waals surface area contributed by atoms with Crippen molar-refractivity contribution >= 4 is 29.2 Å². The lowest BCUT2D eigenvalue weighted by Crippen LogP contribution is -2.38. The predicted molar refractivity (Wildman–Crippen MR) is 93.2 cm³/mol. The number of anilines is 1. The maximum Gasteiger partial charge on any atom is 0.310 e. The summed E-state index contributed by atoms with van der Waals surface area (Å²) in [6.45, 7) is 1.56. The number of benzene rings is 2. The monoisotopic (exact) mass is 361 g/mol. The third-order valence-electron chi connectivity index (χ3n) is 4.22. The smallest absolute Gasteiger partial charge is 0.310 e. The quantitative estimate of drug-likeness (QED) is 0.782. The first-order valence-corrected chi connectivity index (χ1v) is 8.33. The van der Waals surface area contributed by atoms with Crippen molar-refractivity contribution in [2.45, 2.75) is 25.8 Å². The third-order valence-corrected chi connectivity index (χ3v) is 4.57. The molecule has 1 atom stereocenters. The van der Waals surface area contributed by atoms with Crippen LogP contribution in [-0.4, -0.2) is 24.5 Å². The van der Waals surface area contributed by atoms with Gasteiger partial charge in [-0.15, -0.1) is 0 Å². The minimum absolute atomic E-state index is 0.00427. The SMILES string of the molecule is C[C@@H]1Cc2ccccc2N1C(=O)COC(=O)Cc1c(F)cccc1Cl. The van der Waals surface area contributed by atoms with Gasteiger partial charge in [0.1, 0.15) is 5.82 Å². The van der Waals surface area contributed by atoms with E-state index in [2.05, 4.69) is 0 Å². The van der Waals surface area contributed by atoms with Crippen LogP contribution in [0, 0.1) is 5.82 Å². The lowest BCUT2D eigenvalue weighted by Gasteiger charge is -2.22. The molecule has 25 heavy (non-hydrogen) atoms. The summed E-state index contributed by atoms with van der Waals surface area (Å²) in [5.41, 5.74) is 2.00. The lowest BCUT2D eigenvalue weighted by molar-refractivity contribution is -0.147. The highest BCUT2D eigenvalue weighted by molar-refractivity contribution is 6.31. The molecule has 2 aromatic rings. The van der Waals surface area contributed by atoms with Gasteiger partial charge in [-0.1, -0.05) is 35.9 Å². The average Bonchev–Trinajstić information content (AvgIpc) is 2.92. The van der Waals surface area contributed by atoms with Gasteiger partial charge in [0.05, 0.1) is 6.42 Å². The van der Waals surface area contributed by atoms with Crippen LogP contribution >= 0.6 is 11.6 Å². The van der Waals surface area contributed by atoms with Crippen LogP contribution in [0.4, 0.5) is 10.1 Å². The van der Waals surface area contributed by atoms with Crippen LogP contribution in [0.15, 0.2) is 42.5 Å². The number of carbonyl (C=O) groups excluding carboxylic acids is 2. The van der Waals surface area contributed by atoms with E-state index in [-0.39, 0.29) is 35.6 Å². The van der Waals surface area contributed by atoms with E-state index in [4.69, 9.17) is 16.3 Å². The minimum atomic E-state index is -0.694. The zero-order valence-corrected chi connectivity index (χ0v) is 14.4. The third kappa shape index (κ3) is 3.66. The molecule has 0 radical (unpaired) electrons. The van der Waals surface area contributed by atoms with Gasteiger partial charge in [0, 0.05) is 22.3 Å². The fraction of sp³-hybridized carbons (Fsp3) is 0.263. The molecule has 0 saturated carbocycles. The van der Waals surface area contributed by atoms with Crippen LogP contribution in [0.2, 0.25) is 5.02 Å². The Balaban J connectivity index is 1.62. The van der Waals surface area contributed by atoms with Gasteiger partial charge in [0.25, 0.3) is 5.91 Å². The van der Waals surface area contributed by atoms with Gasteiger partial charge < -0.3 is 9.64 Å². The maximum absolute atomic E-state index is 13.7. The Morgan fingerprint density at radius 1 is 1.24 bits per heavy atom. The standard InChI is InChI=1S/C19H17ClFNO3/c1-12-9-13-5-2-3-8-17(13)22(12)18(23)11-25-19(24)10-14-15(20)6-4-7-16(14)21/h2-8,12H,9-11H2,1H3/t12-/m1/s1. The molecule has 4 nitrogen and oxygen atoms in total. The van der Waals surface area contributed by atoms with Crippen molar-refractivity contribution in [2.75, 3.05) is 11.5 Å². The first kappa shape index (κ1) is 17.4. The molecular weight excluding hydrogens is 345 g/mol. The maximum atomic E-state index is 13.7. The molecule has 2 aromatic carbocycles. The van der Waals surface area contributed by atoms with E-state index >= 15 is 0 Å². The van der Waals surface area contributed by atoms with E-state index in [1.54, 1.807) is 4.90 Å². The zero-order chi connectivity index (χ0) is 18.0. The van der Waals surface area contributed by atoms with Gasteiger partial charge in [0.15, 0.2) is 6.61 Å². The second-order valence-electron chi connectivity index (χ2n) is 5.98. The number of fused-ring (bicyclic) bond motifs is 1. The van der Waals surface area contributed by atoms with Crippen LogP contribution < -0.4 is 4.90 Å². The van der Waals surface area contributed by atoms with Crippen molar-refractivity contribution < 1.29 is 18.7 Å². The number of esters is 1. The number of hydrogen-bond donors (Lipinski definition) is 0. The van der Waals surface area contributed by atoms with Gasteiger partial charge in [-0.25, -0.2) is 4.39 Å². The molecule has 3 rings (SSSR count). The summed E-state index contributed by atoms with van der Waals surface area (Å²) in [5.74, 6) is -1.57. The Hall–Kier alpha value is -2.40. The van der Waals surface area contributed by atoms with E-state index in [9.17, 15) is 14.0 Å². The molecule has 1 heterocycles. The molecule has 1 aliphatic rings. The second kappa shape index (κ2) is 7.23. The molecule has 1 aliphatic heterocycles. The molecule has 0 bridgehead atoms. The molecular formula is C19H17ClFNO3. The molecule has 0 N–H and O–H groups in total. The van der Waals surface area contributed by atoms with Gasteiger partial charge in [-0.2, -0.15) is 0 Å². The molecule has 0 unspecified atom stereocenters. The van der Waals surface area contributed by atoms with E-state index in [0.29, 0.717) is 0 Å². The summed E-state index contributed by atoms with van der Waals surface area (Å²) < 4.78 is 18.7. The summed E-state index contributed by atoms with van der Waals surface area (Å²) >= 11 is 5.89. The van der Waals surface area contributed by atoms with Crippen molar-refractivity contribution in [3.05, 3.63) is 64.4 Å². The molecule has 1 amide bonds. The summed E-state index contributed by atoms with van der Waals surface area (Å²) in [4.78, 5) is 26.0. The van der Waals surface area contributed by atoms with Gasteiger partial charge in [-0.05, 0) is 37.1 Å². The average molecular weight is 362 g/mol. The fourth-order valence-corrected chi connectivity index (χ4v) is 3.28. The number of ether oxygens (including phenoxy) is 1. The van der Waals surface area contributed by atoms with Crippen LogP contribution in [-0.2, 0) is 27.2 Å². The van der Waals surface area contributed by atoms with Gasteiger partial charge in [0.2, 0.25) is 0 Å². The van der Waals surface area contributed by atoms with Crippen LogP contribution in [0.5, 0.6) is 0 Å². The highest BCUT2D eigenvalue weighted by Crippen LogP contribution is 2.31.